The maximum Gasteiger partial charge on any atom is 0.387 e. The van der Waals surface area contributed by atoms with E-state index >= 15 is 0 Å². The molecule has 0 saturated carbocycles. The second-order valence-corrected chi connectivity index (χ2v) is 7.94. The zero-order valence-corrected chi connectivity index (χ0v) is 16.5. The third-order valence-corrected chi connectivity index (χ3v) is 6.04. The van der Waals surface area contributed by atoms with Crippen LogP contribution in [0.4, 0.5) is 8.78 Å². The van der Waals surface area contributed by atoms with Crippen LogP contribution in [-0.4, -0.2) is 17.5 Å². The number of nitrogens with one attached hydrogen (secondary N) is 1. The van der Waals surface area contributed by atoms with Crippen LogP contribution in [0.25, 0.3) is 9.88 Å². The molecule has 0 bridgehead atoms. The minimum Gasteiger partial charge on any atom is -0.435 e. The van der Waals surface area contributed by atoms with Gasteiger partial charge in [-0.3, -0.25) is 4.79 Å². The van der Waals surface area contributed by atoms with E-state index in [4.69, 9.17) is 0 Å². The molecule has 0 fully saturated rings. The van der Waals surface area contributed by atoms with Gasteiger partial charge in [-0.05, 0) is 39.7 Å². The van der Waals surface area contributed by atoms with Crippen molar-refractivity contribution in [1.82, 2.24) is 10.3 Å². The average molecular weight is 459 g/mol. The van der Waals surface area contributed by atoms with Gasteiger partial charge in [0.2, 0.25) is 5.91 Å². The van der Waals surface area contributed by atoms with E-state index in [0.717, 1.165) is 14.4 Å². The molecule has 26 heavy (non-hydrogen) atoms. The first-order chi connectivity index (χ1) is 12.5. The number of hydrogen-bond acceptors (Lipinski definition) is 5. The predicted molar refractivity (Wildman–Crippen MR) is 102 cm³/mol. The van der Waals surface area contributed by atoms with Gasteiger partial charge in [0.1, 0.15) is 10.8 Å². The smallest absolute Gasteiger partial charge is 0.387 e. The Morgan fingerprint density at radius 2 is 2.12 bits per heavy atom. The molecule has 0 radical (unpaired) electrons. The number of thiazole rings is 1. The third-order valence-electron chi connectivity index (χ3n) is 3.28. The average Bonchev–Trinajstić information content (AvgIpc) is 3.21. The molecule has 0 aliphatic carbocycles. The van der Waals surface area contributed by atoms with E-state index in [1.807, 2.05) is 16.8 Å². The summed E-state index contributed by atoms with van der Waals surface area (Å²) in [5, 5.41) is 7.48. The monoisotopic (exact) mass is 458 g/mol. The Bertz CT molecular complexity index is 898. The number of nitrogens with zero attached hydrogens (tertiary/aromatic N) is 1. The summed E-state index contributed by atoms with van der Waals surface area (Å²) in [7, 11) is 0. The molecule has 1 aromatic carbocycles. The molecule has 0 aliphatic rings. The molecule has 3 rings (SSSR count). The van der Waals surface area contributed by atoms with Crippen molar-refractivity contribution in [2.24, 2.45) is 0 Å². The molecule has 2 heterocycles. The zero-order chi connectivity index (χ0) is 18.5. The van der Waals surface area contributed by atoms with Crippen molar-refractivity contribution < 1.29 is 18.3 Å². The van der Waals surface area contributed by atoms with Crippen LogP contribution >= 0.6 is 38.6 Å². The van der Waals surface area contributed by atoms with Crippen LogP contribution in [0.2, 0.25) is 0 Å². The molecule has 3 aromatic rings. The summed E-state index contributed by atoms with van der Waals surface area (Å²) < 4.78 is 29.8. The van der Waals surface area contributed by atoms with E-state index in [1.165, 1.54) is 23.5 Å². The van der Waals surface area contributed by atoms with Crippen molar-refractivity contribution in [3.05, 3.63) is 56.8 Å². The minimum absolute atomic E-state index is 0.0676. The Kier molecular flexibility index (Phi) is 6.33. The van der Waals surface area contributed by atoms with Gasteiger partial charge in [0, 0.05) is 21.8 Å². The van der Waals surface area contributed by atoms with Crippen LogP contribution in [0.5, 0.6) is 5.75 Å². The van der Waals surface area contributed by atoms with E-state index in [0.29, 0.717) is 11.3 Å². The summed E-state index contributed by atoms with van der Waals surface area (Å²) >= 11 is 6.48. The van der Waals surface area contributed by atoms with E-state index < -0.39 is 6.61 Å². The second kappa shape index (κ2) is 8.70. The minimum atomic E-state index is -2.87. The molecule has 0 atom stereocenters. The number of benzene rings is 1. The van der Waals surface area contributed by atoms with E-state index in [1.54, 1.807) is 23.5 Å². The highest BCUT2D eigenvalue weighted by Crippen LogP contribution is 2.32. The molecule has 2 aromatic heterocycles. The van der Waals surface area contributed by atoms with Crippen molar-refractivity contribution in [2.45, 2.75) is 19.6 Å². The molecule has 0 saturated heterocycles. The summed E-state index contributed by atoms with van der Waals surface area (Å²) in [6, 6.07) is 8.24. The first-order valence-electron chi connectivity index (χ1n) is 7.49. The van der Waals surface area contributed by atoms with Crippen molar-refractivity contribution in [3.8, 4) is 15.6 Å². The number of halogens is 3. The number of carbonyl (C=O) groups is 1. The maximum absolute atomic E-state index is 12.2. The number of amides is 1. The molecular formula is C17H13BrF2N2O2S2. The highest BCUT2D eigenvalue weighted by molar-refractivity contribution is 9.10. The zero-order valence-electron chi connectivity index (χ0n) is 13.2. The van der Waals surface area contributed by atoms with Crippen LogP contribution in [0.15, 0.2) is 45.6 Å². The van der Waals surface area contributed by atoms with Crippen molar-refractivity contribution >= 4 is 44.5 Å². The summed E-state index contributed by atoms with van der Waals surface area (Å²) in [5.74, 6) is -0.118. The molecule has 4 nitrogen and oxygen atoms in total. The lowest BCUT2D eigenvalue weighted by molar-refractivity contribution is -0.120. The summed E-state index contributed by atoms with van der Waals surface area (Å²) in [6.45, 7) is -2.64. The lowest BCUT2D eigenvalue weighted by Gasteiger charge is -2.08. The molecule has 0 aliphatic heterocycles. The molecule has 1 N–H and O–H groups in total. The highest BCUT2D eigenvalue weighted by atomic mass is 79.9. The summed E-state index contributed by atoms with van der Waals surface area (Å²) in [6.07, 6.45) is 0.163. The number of rotatable bonds is 7. The van der Waals surface area contributed by atoms with Crippen LogP contribution in [0.3, 0.4) is 0 Å². The third kappa shape index (κ3) is 5.33. The van der Waals surface area contributed by atoms with Crippen LogP contribution in [0, 0.1) is 0 Å². The van der Waals surface area contributed by atoms with Crippen LogP contribution in [0.1, 0.15) is 11.3 Å². The Morgan fingerprint density at radius 1 is 1.27 bits per heavy atom. The Balaban J connectivity index is 1.54. The Hall–Kier alpha value is -1.84. The number of alkyl halides is 2. The molecule has 1 amide bonds. The molecule has 0 spiro atoms. The fourth-order valence-electron chi connectivity index (χ4n) is 2.19. The van der Waals surface area contributed by atoms with Gasteiger partial charge in [-0.25, -0.2) is 4.98 Å². The summed E-state index contributed by atoms with van der Waals surface area (Å²) in [4.78, 5) is 17.6. The standard InChI is InChI=1S/C17H13BrF2N2O2S2/c18-11-5-14(25-8-11)16-22-12(9-26-16)6-15(23)21-7-10-2-1-3-13(4-10)24-17(19)20/h1-5,8-9,17H,6-7H2,(H,21,23). The van der Waals surface area contributed by atoms with Crippen LogP contribution < -0.4 is 10.1 Å². The van der Waals surface area contributed by atoms with Gasteiger partial charge in [-0.1, -0.05) is 12.1 Å². The van der Waals surface area contributed by atoms with Crippen molar-refractivity contribution in [1.29, 1.82) is 0 Å². The normalized spacial score (nSPS) is 10.9. The molecule has 0 unspecified atom stereocenters. The fraction of sp³-hybridized carbons (Fsp3) is 0.176. The molecule has 9 heteroatoms. The lowest BCUT2D eigenvalue weighted by Crippen LogP contribution is -2.24. The van der Waals surface area contributed by atoms with E-state index in [-0.39, 0.29) is 24.6 Å². The van der Waals surface area contributed by atoms with Crippen molar-refractivity contribution in [3.63, 3.8) is 0 Å². The molecule has 136 valence electrons. The lowest BCUT2D eigenvalue weighted by atomic mass is 10.2. The predicted octanol–water partition coefficient (Wildman–Crippen LogP) is 5.09. The quantitative estimate of drug-likeness (QED) is 0.535. The van der Waals surface area contributed by atoms with E-state index in [2.05, 4.69) is 31.0 Å². The van der Waals surface area contributed by atoms with Gasteiger partial charge >= 0.3 is 6.61 Å². The first kappa shape index (κ1) is 18.9. The number of carbonyl (C=O) groups excluding carboxylic acids is 1. The number of aromatic nitrogens is 1. The Morgan fingerprint density at radius 3 is 2.85 bits per heavy atom. The highest BCUT2D eigenvalue weighted by Gasteiger charge is 2.11. The molecular weight excluding hydrogens is 446 g/mol. The van der Waals surface area contributed by atoms with Gasteiger partial charge in [-0.15, -0.1) is 22.7 Å². The SMILES string of the molecule is O=C(Cc1csc(-c2cc(Br)cs2)n1)NCc1cccc(OC(F)F)c1. The van der Waals surface area contributed by atoms with Gasteiger partial charge in [-0.2, -0.15) is 8.78 Å². The Labute approximate surface area is 165 Å². The fourth-order valence-corrected chi connectivity index (χ4v) is 4.51. The van der Waals surface area contributed by atoms with Gasteiger partial charge in [0.05, 0.1) is 17.0 Å². The first-order valence-corrected chi connectivity index (χ1v) is 10.0. The van der Waals surface area contributed by atoms with Gasteiger partial charge in [0.15, 0.2) is 0 Å². The van der Waals surface area contributed by atoms with Crippen LogP contribution in [-0.2, 0) is 17.8 Å². The number of thiophene rings is 1. The van der Waals surface area contributed by atoms with Gasteiger partial charge < -0.3 is 10.1 Å². The number of hydrogen-bond donors (Lipinski definition) is 1. The van der Waals surface area contributed by atoms with E-state index in [9.17, 15) is 13.6 Å². The largest absolute Gasteiger partial charge is 0.435 e. The number of ether oxygens (including phenoxy) is 1. The van der Waals surface area contributed by atoms with Gasteiger partial charge in [0.25, 0.3) is 0 Å². The maximum atomic E-state index is 12.2. The van der Waals surface area contributed by atoms with Crippen molar-refractivity contribution in [2.75, 3.05) is 0 Å². The second-order valence-electron chi connectivity index (χ2n) is 5.25. The topological polar surface area (TPSA) is 51.2 Å². The summed E-state index contributed by atoms with van der Waals surface area (Å²) in [5.41, 5.74) is 1.38.